The highest BCUT2D eigenvalue weighted by Gasteiger charge is 2.18. The van der Waals surface area contributed by atoms with Crippen LogP contribution in [0.15, 0.2) is 57.8 Å². The first-order valence-electron chi connectivity index (χ1n) is 10.0. The van der Waals surface area contributed by atoms with E-state index in [1.54, 1.807) is 12.1 Å². The summed E-state index contributed by atoms with van der Waals surface area (Å²) in [5, 5.41) is 2.62. The molecule has 35 heavy (non-hydrogen) atoms. The summed E-state index contributed by atoms with van der Waals surface area (Å²) in [7, 11) is 0. The zero-order chi connectivity index (χ0) is 25.0. The molecule has 0 aliphatic carbocycles. The van der Waals surface area contributed by atoms with Crippen molar-refractivity contribution in [3.05, 3.63) is 91.8 Å². The molecule has 3 rings (SSSR count). The summed E-state index contributed by atoms with van der Waals surface area (Å²) in [6.45, 7) is 1.12. The van der Waals surface area contributed by atoms with E-state index in [9.17, 15) is 23.2 Å². The van der Waals surface area contributed by atoms with Crippen molar-refractivity contribution in [1.82, 2.24) is 9.88 Å². The van der Waals surface area contributed by atoms with Gasteiger partial charge in [0, 0.05) is 34.6 Å². The predicted molar refractivity (Wildman–Crippen MR) is 132 cm³/mol. The number of carbonyl (C=O) groups is 2. The average Bonchev–Trinajstić information content (AvgIpc) is 2.79. The number of rotatable bonds is 8. The molecule has 0 spiro atoms. The van der Waals surface area contributed by atoms with E-state index in [0.29, 0.717) is 11.4 Å². The Kier molecular flexibility index (Phi) is 9.52. The van der Waals surface area contributed by atoms with Gasteiger partial charge in [0.1, 0.15) is 28.5 Å². The normalized spacial score (nSPS) is 11.3. The maximum atomic E-state index is 14.0. The van der Waals surface area contributed by atoms with Gasteiger partial charge in [0.2, 0.25) is 11.8 Å². The number of hydrogen-bond donors (Lipinski definition) is 3. The number of amides is 2. The number of nitrogens with two attached hydrogens (primary N) is 2. The van der Waals surface area contributed by atoms with Crippen molar-refractivity contribution in [3.8, 4) is 11.4 Å². The number of benzene rings is 2. The summed E-state index contributed by atoms with van der Waals surface area (Å²) in [6, 6.07) is 9.82. The Bertz CT molecular complexity index is 1320. The first-order chi connectivity index (χ1) is 16.1. The number of carbonyl (C=O) groups excluding carboxylic acids is 2. The first kappa shape index (κ1) is 28.0. The van der Waals surface area contributed by atoms with E-state index in [1.165, 1.54) is 35.8 Å². The Morgan fingerprint density at radius 2 is 1.89 bits per heavy atom. The number of ether oxygens (including phenoxy) is 1. The lowest BCUT2D eigenvalue weighted by atomic mass is 10.1. The fraction of sp³-hybridized carbons (Fsp3) is 0.174. The molecule has 12 heteroatoms. The van der Waals surface area contributed by atoms with Gasteiger partial charge in [-0.2, -0.15) is 0 Å². The van der Waals surface area contributed by atoms with Crippen molar-refractivity contribution >= 4 is 40.2 Å². The molecule has 5 N–H and O–H groups in total. The number of hydrogen-bond acceptors (Lipinski definition) is 5. The van der Waals surface area contributed by atoms with Gasteiger partial charge in [-0.15, -0.1) is 12.4 Å². The zero-order valence-corrected chi connectivity index (χ0v) is 20.8. The van der Waals surface area contributed by atoms with Crippen molar-refractivity contribution in [2.75, 3.05) is 0 Å². The Morgan fingerprint density at radius 1 is 1.17 bits per heavy atom. The summed E-state index contributed by atoms with van der Waals surface area (Å²) >= 11 is 3.21. The first-order valence-corrected chi connectivity index (χ1v) is 10.8. The van der Waals surface area contributed by atoms with E-state index in [2.05, 4.69) is 21.2 Å². The van der Waals surface area contributed by atoms with Crippen LogP contribution in [0.3, 0.4) is 0 Å². The van der Waals surface area contributed by atoms with E-state index in [0.717, 1.165) is 12.1 Å². The second kappa shape index (κ2) is 11.9. The van der Waals surface area contributed by atoms with E-state index >= 15 is 0 Å². The number of pyridine rings is 1. The zero-order valence-electron chi connectivity index (χ0n) is 18.4. The number of nitrogens with one attached hydrogen (secondary N) is 1. The van der Waals surface area contributed by atoms with E-state index in [4.69, 9.17) is 16.2 Å². The molecule has 0 fully saturated rings. The Labute approximate surface area is 213 Å². The maximum Gasteiger partial charge on any atom is 0.273 e. The molecule has 0 aliphatic rings. The van der Waals surface area contributed by atoms with Crippen molar-refractivity contribution in [2.45, 2.75) is 26.1 Å². The van der Waals surface area contributed by atoms with Gasteiger partial charge in [0.05, 0.1) is 12.6 Å². The highest BCUT2D eigenvalue weighted by molar-refractivity contribution is 9.10. The minimum Gasteiger partial charge on any atom is -0.487 e. The Hall–Kier alpha value is -3.28. The van der Waals surface area contributed by atoms with Crippen LogP contribution in [-0.2, 0) is 17.9 Å². The molecule has 0 aliphatic heterocycles. The van der Waals surface area contributed by atoms with Gasteiger partial charge < -0.3 is 21.5 Å². The fourth-order valence-electron chi connectivity index (χ4n) is 3.06. The van der Waals surface area contributed by atoms with Crippen LogP contribution in [0.2, 0.25) is 0 Å². The summed E-state index contributed by atoms with van der Waals surface area (Å²) in [4.78, 5) is 36.9. The van der Waals surface area contributed by atoms with Gasteiger partial charge in [0.15, 0.2) is 0 Å². The fourth-order valence-corrected chi connectivity index (χ4v) is 3.47. The molecule has 186 valence electrons. The van der Waals surface area contributed by atoms with Gasteiger partial charge in [-0.3, -0.25) is 19.0 Å². The molecule has 8 nitrogen and oxygen atoms in total. The second-order valence-electron chi connectivity index (χ2n) is 7.40. The van der Waals surface area contributed by atoms with Crippen LogP contribution in [-0.4, -0.2) is 22.4 Å². The number of primary amides is 1. The third kappa shape index (κ3) is 6.65. The Balaban J connectivity index is 0.00000432. The third-order valence-electron chi connectivity index (χ3n) is 4.84. The van der Waals surface area contributed by atoms with Gasteiger partial charge >= 0.3 is 0 Å². The van der Waals surface area contributed by atoms with Crippen molar-refractivity contribution < 1.29 is 23.1 Å². The van der Waals surface area contributed by atoms with Crippen molar-refractivity contribution in [3.63, 3.8) is 0 Å². The van der Waals surface area contributed by atoms with E-state index < -0.39 is 35.0 Å². The average molecular weight is 572 g/mol. The largest absolute Gasteiger partial charge is 0.487 e. The molecule has 1 atom stereocenters. The highest BCUT2D eigenvalue weighted by Crippen LogP contribution is 2.26. The lowest BCUT2D eigenvalue weighted by Crippen LogP contribution is -2.39. The molecule has 0 saturated heterocycles. The summed E-state index contributed by atoms with van der Waals surface area (Å²) in [5.74, 6) is -2.58. The van der Waals surface area contributed by atoms with Crippen LogP contribution in [0.25, 0.3) is 5.69 Å². The molecular weight excluding hydrogens is 550 g/mol. The summed E-state index contributed by atoms with van der Waals surface area (Å²) in [6.07, 6.45) is 0. The molecule has 0 radical (unpaired) electrons. The smallest absolute Gasteiger partial charge is 0.273 e. The number of nitrogens with zero attached hydrogens (tertiary/aromatic N) is 1. The minimum atomic E-state index is -0.794. The highest BCUT2D eigenvalue weighted by atomic mass is 79.9. The molecule has 0 unspecified atom stereocenters. The maximum absolute atomic E-state index is 14.0. The lowest BCUT2D eigenvalue weighted by Gasteiger charge is -2.18. The Morgan fingerprint density at radius 3 is 2.51 bits per heavy atom. The molecule has 2 aromatic carbocycles. The lowest BCUT2D eigenvalue weighted by molar-refractivity contribution is -0.122. The standard InChI is InChI=1S/C23H21BrF2N4O4.ClH/c1-12(27)22(32)29-10-17-9-19(34-11-14-5-6-15(25)8-18(14)26)20(24)23(33)30(17)16-4-2-3-13(7-16)21(28)31;/h2-9,12H,10-11,27H2,1H3,(H2,28,31)(H,29,32);1H/t12-;/m0./s1. The predicted octanol–water partition coefficient (Wildman–Crippen LogP) is 2.94. The molecule has 1 heterocycles. The van der Waals surface area contributed by atoms with Crippen LogP contribution < -0.4 is 27.1 Å². The van der Waals surface area contributed by atoms with Gasteiger partial charge in [-0.05, 0) is 53.2 Å². The summed E-state index contributed by atoms with van der Waals surface area (Å²) < 4.78 is 34.1. The van der Waals surface area contributed by atoms with Gasteiger partial charge in [-0.25, -0.2) is 8.78 Å². The van der Waals surface area contributed by atoms with Crippen LogP contribution in [0.4, 0.5) is 8.78 Å². The van der Waals surface area contributed by atoms with Crippen molar-refractivity contribution in [2.24, 2.45) is 11.5 Å². The topological polar surface area (TPSA) is 129 Å². The van der Waals surface area contributed by atoms with Crippen LogP contribution in [0, 0.1) is 11.6 Å². The summed E-state index contributed by atoms with van der Waals surface area (Å²) in [5.41, 5.74) is 11.3. The molecule has 0 bridgehead atoms. The molecule has 1 aromatic heterocycles. The molecule has 2 amide bonds. The SMILES string of the molecule is C[C@H](N)C(=O)NCc1cc(OCc2ccc(F)cc2F)c(Br)c(=O)n1-c1cccc(C(N)=O)c1.Cl. The van der Waals surface area contributed by atoms with Crippen LogP contribution in [0.1, 0.15) is 28.5 Å². The third-order valence-corrected chi connectivity index (χ3v) is 5.57. The number of halogens is 4. The number of aromatic nitrogens is 1. The van der Waals surface area contributed by atoms with Gasteiger partial charge in [-0.1, -0.05) is 6.07 Å². The molecule has 0 saturated carbocycles. The van der Waals surface area contributed by atoms with Crippen LogP contribution >= 0.6 is 28.3 Å². The van der Waals surface area contributed by atoms with E-state index in [-0.39, 0.29) is 46.9 Å². The van der Waals surface area contributed by atoms with E-state index in [1.807, 2.05) is 0 Å². The van der Waals surface area contributed by atoms with Gasteiger partial charge in [0.25, 0.3) is 5.56 Å². The van der Waals surface area contributed by atoms with Crippen LogP contribution in [0.5, 0.6) is 5.75 Å². The van der Waals surface area contributed by atoms with Crippen molar-refractivity contribution in [1.29, 1.82) is 0 Å². The second-order valence-corrected chi connectivity index (χ2v) is 8.19. The molecular formula is C23H22BrClF2N4O4. The monoisotopic (exact) mass is 570 g/mol. The molecule has 3 aromatic rings. The minimum absolute atomic E-state index is 0. The quantitative estimate of drug-likeness (QED) is 0.383.